The molecule has 0 bridgehead atoms. The highest BCUT2D eigenvalue weighted by Gasteiger charge is 2.32. The first kappa shape index (κ1) is 11.2. The predicted molar refractivity (Wildman–Crippen MR) is 58.6 cm³/mol. The van der Waals surface area contributed by atoms with Gasteiger partial charge in [-0.25, -0.2) is 0 Å². The third-order valence-corrected chi connectivity index (χ3v) is 2.67. The molecule has 0 aromatic heterocycles. The summed E-state index contributed by atoms with van der Waals surface area (Å²) < 4.78 is 32.0. The molecule has 2 rings (SSSR count). The van der Waals surface area contributed by atoms with Crippen LogP contribution in [0.1, 0.15) is 19.4 Å². The highest BCUT2D eigenvalue weighted by Crippen LogP contribution is 2.41. The number of hydrogen-bond acceptors (Lipinski definition) is 4. The van der Waals surface area contributed by atoms with Crippen LogP contribution in [0, 0.1) is 0 Å². The molecule has 1 aliphatic heterocycles. The molecule has 88 valence electrons. The van der Waals surface area contributed by atoms with Gasteiger partial charge in [0.05, 0.1) is 0 Å². The fraction of sp³-hybridized carbons (Fsp3) is 0.400. The van der Waals surface area contributed by atoms with Crippen LogP contribution in [0.4, 0.5) is 0 Å². The van der Waals surface area contributed by atoms with E-state index in [0.29, 0.717) is 12.2 Å². The lowest BCUT2D eigenvalue weighted by Crippen LogP contribution is -2.25. The third kappa shape index (κ3) is 2.28. The molecule has 1 aliphatic rings. The summed E-state index contributed by atoms with van der Waals surface area (Å²) in [4.78, 5) is 0. The van der Waals surface area contributed by atoms with Gasteiger partial charge in [-0.05, 0) is 19.9 Å². The molecule has 0 saturated carbocycles. The molecule has 0 unspecified atom stereocenters. The van der Waals surface area contributed by atoms with Crippen molar-refractivity contribution >= 4 is 10.3 Å². The molecule has 0 spiro atoms. The van der Waals surface area contributed by atoms with Crippen molar-refractivity contribution in [3.8, 4) is 11.5 Å². The molecule has 0 saturated heterocycles. The Kier molecular flexibility index (Phi) is 2.36. The van der Waals surface area contributed by atoms with Crippen molar-refractivity contribution in [2.45, 2.75) is 25.9 Å². The number of rotatable bonds is 2. The van der Waals surface area contributed by atoms with Gasteiger partial charge in [0, 0.05) is 12.0 Å². The maximum Gasteiger partial charge on any atom is 0.380 e. The van der Waals surface area contributed by atoms with Gasteiger partial charge >= 0.3 is 10.3 Å². The second-order valence-electron chi connectivity index (χ2n) is 4.36. The Morgan fingerprint density at radius 1 is 1.44 bits per heavy atom. The minimum absolute atomic E-state index is 0.144. The van der Waals surface area contributed by atoms with Crippen LogP contribution in [0.2, 0.25) is 0 Å². The monoisotopic (exact) mass is 243 g/mol. The molecule has 6 heteroatoms. The molecule has 1 aromatic carbocycles. The van der Waals surface area contributed by atoms with Crippen molar-refractivity contribution in [2.75, 3.05) is 0 Å². The van der Waals surface area contributed by atoms with E-state index < -0.39 is 10.3 Å². The van der Waals surface area contributed by atoms with Crippen LogP contribution in [0.25, 0.3) is 0 Å². The first-order valence-electron chi connectivity index (χ1n) is 4.80. The third-order valence-electron chi connectivity index (χ3n) is 2.26. The fourth-order valence-electron chi connectivity index (χ4n) is 1.78. The summed E-state index contributed by atoms with van der Waals surface area (Å²) >= 11 is 0. The van der Waals surface area contributed by atoms with E-state index >= 15 is 0 Å². The number of benzene rings is 1. The SMILES string of the molecule is CC1(C)Cc2cccc(OS(N)(=O)=O)c2O1. The summed E-state index contributed by atoms with van der Waals surface area (Å²) in [6, 6.07) is 5.11. The Morgan fingerprint density at radius 3 is 2.75 bits per heavy atom. The number of para-hydroxylation sites is 1. The van der Waals surface area contributed by atoms with Gasteiger partial charge in [0.25, 0.3) is 0 Å². The summed E-state index contributed by atoms with van der Waals surface area (Å²) in [6.07, 6.45) is 0.712. The highest BCUT2D eigenvalue weighted by atomic mass is 32.2. The van der Waals surface area contributed by atoms with Crippen LogP contribution >= 0.6 is 0 Å². The second-order valence-corrected chi connectivity index (χ2v) is 5.51. The largest absolute Gasteiger partial charge is 0.483 e. The molecule has 1 aromatic rings. The maximum atomic E-state index is 10.9. The van der Waals surface area contributed by atoms with Gasteiger partial charge in [-0.2, -0.15) is 13.6 Å². The van der Waals surface area contributed by atoms with Crippen molar-refractivity contribution in [2.24, 2.45) is 5.14 Å². The quantitative estimate of drug-likeness (QED) is 0.839. The molecule has 16 heavy (non-hydrogen) atoms. The van der Waals surface area contributed by atoms with Gasteiger partial charge < -0.3 is 8.92 Å². The van der Waals surface area contributed by atoms with Crippen molar-refractivity contribution in [3.63, 3.8) is 0 Å². The van der Waals surface area contributed by atoms with Gasteiger partial charge in [-0.3, -0.25) is 0 Å². The molecule has 2 N–H and O–H groups in total. The summed E-state index contributed by atoms with van der Waals surface area (Å²) in [7, 11) is -4.02. The van der Waals surface area contributed by atoms with Crippen molar-refractivity contribution in [1.29, 1.82) is 0 Å². The van der Waals surface area contributed by atoms with E-state index in [1.165, 1.54) is 6.07 Å². The Morgan fingerprint density at radius 2 is 2.12 bits per heavy atom. The molecule has 5 nitrogen and oxygen atoms in total. The van der Waals surface area contributed by atoms with E-state index in [1.54, 1.807) is 6.07 Å². The molecule has 0 amide bonds. The minimum Gasteiger partial charge on any atom is -0.483 e. The van der Waals surface area contributed by atoms with Crippen LogP contribution in [0.5, 0.6) is 11.5 Å². The molecule has 1 heterocycles. The normalized spacial score (nSPS) is 17.7. The molecule has 0 radical (unpaired) electrons. The molecular formula is C10H13NO4S. The van der Waals surface area contributed by atoms with Gasteiger partial charge in [0.2, 0.25) is 0 Å². The van der Waals surface area contributed by atoms with Crippen LogP contribution in [0.15, 0.2) is 18.2 Å². The van der Waals surface area contributed by atoms with E-state index in [4.69, 9.17) is 9.88 Å². The lowest BCUT2D eigenvalue weighted by atomic mass is 10.0. The van der Waals surface area contributed by atoms with Crippen molar-refractivity contribution in [3.05, 3.63) is 23.8 Å². The highest BCUT2D eigenvalue weighted by molar-refractivity contribution is 7.84. The number of fused-ring (bicyclic) bond motifs is 1. The fourth-order valence-corrected chi connectivity index (χ4v) is 2.16. The van der Waals surface area contributed by atoms with E-state index in [2.05, 4.69) is 4.18 Å². The standard InChI is InChI=1S/C10H13NO4S/c1-10(2)6-7-4-3-5-8(9(7)14-10)15-16(11,12)13/h3-5H,6H2,1-2H3,(H2,11,12,13). The van der Waals surface area contributed by atoms with E-state index in [-0.39, 0.29) is 11.4 Å². The van der Waals surface area contributed by atoms with Crippen LogP contribution in [-0.4, -0.2) is 14.0 Å². The maximum absolute atomic E-state index is 10.9. The van der Waals surface area contributed by atoms with E-state index in [9.17, 15) is 8.42 Å². The Hall–Kier alpha value is -1.27. The van der Waals surface area contributed by atoms with Gasteiger partial charge in [0.1, 0.15) is 5.60 Å². The van der Waals surface area contributed by atoms with Crippen LogP contribution in [0.3, 0.4) is 0 Å². The first-order valence-corrected chi connectivity index (χ1v) is 6.27. The Labute approximate surface area is 94.4 Å². The predicted octanol–water partition coefficient (Wildman–Crippen LogP) is 0.982. The molecule has 0 atom stereocenters. The van der Waals surface area contributed by atoms with Gasteiger partial charge in [0.15, 0.2) is 11.5 Å². The zero-order valence-electron chi connectivity index (χ0n) is 9.06. The minimum atomic E-state index is -4.02. The average molecular weight is 243 g/mol. The Balaban J connectivity index is 2.41. The topological polar surface area (TPSA) is 78.6 Å². The molecular weight excluding hydrogens is 230 g/mol. The molecule has 0 aliphatic carbocycles. The lowest BCUT2D eigenvalue weighted by Gasteiger charge is -2.17. The summed E-state index contributed by atoms with van der Waals surface area (Å²) in [5.41, 5.74) is 0.575. The first-order chi connectivity index (χ1) is 7.27. The van der Waals surface area contributed by atoms with E-state index in [0.717, 1.165) is 5.56 Å². The number of hydrogen-bond donors (Lipinski definition) is 1. The average Bonchev–Trinajstić information content (AvgIpc) is 2.37. The van der Waals surface area contributed by atoms with Crippen molar-refractivity contribution in [1.82, 2.24) is 0 Å². The van der Waals surface area contributed by atoms with Crippen LogP contribution in [-0.2, 0) is 16.7 Å². The van der Waals surface area contributed by atoms with Gasteiger partial charge in [-0.1, -0.05) is 12.1 Å². The number of nitrogens with two attached hydrogens (primary N) is 1. The summed E-state index contributed by atoms with van der Waals surface area (Å²) in [6.45, 7) is 3.85. The summed E-state index contributed by atoms with van der Waals surface area (Å²) in [5, 5.41) is 4.82. The van der Waals surface area contributed by atoms with Crippen molar-refractivity contribution < 1.29 is 17.3 Å². The van der Waals surface area contributed by atoms with Gasteiger partial charge in [-0.15, -0.1) is 0 Å². The van der Waals surface area contributed by atoms with E-state index in [1.807, 2.05) is 19.9 Å². The second kappa shape index (κ2) is 3.36. The lowest BCUT2D eigenvalue weighted by molar-refractivity contribution is 0.136. The molecule has 0 fully saturated rings. The zero-order chi connectivity index (χ0) is 12.0. The Bertz CT molecular complexity index is 522. The van der Waals surface area contributed by atoms with Crippen LogP contribution < -0.4 is 14.1 Å². The number of ether oxygens (including phenoxy) is 1. The smallest absolute Gasteiger partial charge is 0.380 e. The summed E-state index contributed by atoms with van der Waals surface area (Å²) in [5.74, 6) is 0.604. The zero-order valence-corrected chi connectivity index (χ0v) is 9.87.